The molecule has 1 aromatic carbocycles. The molecule has 1 aliphatic rings. The molecule has 0 unspecified atom stereocenters. The van der Waals surface area contributed by atoms with Crippen LogP contribution in [0.1, 0.15) is 19.3 Å². The second kappa shape index (κ2) is 6.05. The van der Waals surface area contributed by atoms with E-state index in [1.807, 2.05) is 24.3 Å². The highest BCUT2D eigenvalue weighted by molar-refractivity contribution is 5.76. The molecule has 1 aromatic heterocycles. The molecule has 5 nitrogen and oxygen atoms in total. The van der Waals surface area contributed by atoms with Crippen molar-refractivity contribution in [3.05, 3.63) is 24.3 Å². The highest BCUT2D eigenvalue weighted by Crippen LogP contribution is 2.20. The maximum atomic E-state index is 5.89. The summed E-state index contributed by atoms with van der Waals surface area (Å²) >= 11 is 0. The fraction of sp³-hybridized carbons (Fsp3) is 0.467. The lowest BCUT2D eigenvalue weighted by atomic mass is 10.1. The van der Waals surface area contributed by atoms with E-state index in [1.54, 1.807) is 0 Å². The van der Waals surface area contributed by atoms with Crippen LogP contribution in [-0.4, -0.2) is 41.1 Å². The van der Waals surface area contributed by atoms with Gasteiger partial charge >= 0.3 is 0 Å². The Bertz CT molecular complexity index is 581. The molecule has 20 heavy (non-hydrogen) atoms. The first-order chi connectivity index (χ1) is 9.83. The number of hydrogen-bond acceptors (Lipinski definition) is 5. The summed E-state index contributed by atoms with van der Waals surface area (Å²) in [5, 5.41) is 0. The minimum atomic E-state index is 0.363. The van der Waals surface area contributed by atoms with Crippen molar-refractivity contribution in [2.24, 2.45) is 0 Å². The molecule has 3 rings (SSSR count). The fourth-order valence-corrected chi connectivity index (χ4v) is 2.56. The molecule has 2 aromatic rings. The zero-order valence-corrected chi connectivity index (χ0v) is 11.6. The van der Waals surface area contributed by atoms with Crippen LogP contribution in [0.4, 0.5) is 5.82 Å². The van der Waals surface area contributed by atoms with Crippen molar-refractivity contribution in [3.8, 4) is 5.88 Å². The molecule has 1 fully saturated rings. The van der Waals surface area contributed by atoms with Gasteiger partial charge in [0, 0.05) is 6.54 Å². The van der Waals surface area contributed by atoms with Crippen molar-refractivity contribution in [2.45, 2.75) is 19.3 Å². The third kappa shape index (κ3) is 2.99. The number of nitrogen functional groups attached to an aromatic ring is 1. The van der Waals surface area contributed by atoms with E-state index in [9.17, 15) is 0 Å². The molecule has 0 aliphatic carbocycles. The number of para-hydroxylation sites is 2. The summed E-state index contributed by atoms with van der Waals surface area (Å²) in [6.45, 7) is 3.87. The van der Waals surface area contributed by atoms with Crippen molar-refractivity contribution >= 4 is 16.9 Å². The van der Waals surface area contributed by atoms with Crippen LogP contribution < -0.4 is 10.5 Å². The van der Waals surface area contributed by atoms with Crippen molar-refractivity contribution < 1.29 is 4.74 Å². The molecular formula is C15H20N4O. The third-order valence-corrected chi connectivity index (χ3v) is 3.66. The topological polar surface area (TPSA) is 64.3 Å². The Morgan fingerprint density at radius 2 is 1.75 bits per heavy atom. The van der Waals surface area contributed by atoms with E-state index in [1.165, 1.54) is 32.4 Å². The first kappa shape index (κ1) is 13.1. The number of rotatable bonds is 4. The molecule has 0 atom stereocenters. The Balaban J connectivity index is 1.63. The lowest BCUT2D eigenvalue weighted by molar-refractivity contribution is 0.181. The predicted octanol–water partition coefficient (Wildman–Crippen LogP) is 2.08. The third-order valence-electron chi connectivity index (χ3n) is 3.66. The summed E-state index contributed by atoms with van der Waals surface area (Å²) in [7, 11) is 0. The van der Waals surface area contributed by atoms with Gasteiger partial charge in [-0.15, -0.1) is 0 Å². The second-order valence-electron chi connectivity index (χ2n) is 5.15. The van der Waals surface area contributed by atoms with E-state index < -0.39 is 0 Å². The average molecular weight is 272 g/mol. The Labute approximate surface area is 118 Å². The molecule has 0 saturated carbocycles. The van der Waals surface area contributed by atoms with Gasteiger partial charge in [0.2, 0.25) is 0 Å². The summed E-state index contributed by atoms with van der Waals surface area (Å²) in [5.74, 6) is 0.808. The van der Waals surface area contributed by atoms with Crippen molar-refractivity contribution in [2.75, 3.05) is 32.0 Å². The Morgan fingerprint density at radius 1 is 1.05 bits per heavy atom. The standard InChI is InChI=1S/C15H20N4O/c16-14-15(18-13-7-3-2-6-12(13)17-14)20-11-10-19-8-4-1-5-9-19/h2-3,6-7H,1,4-5,8-11H2,(H2,16,17). The summed E-state index contributed by atoms with van der Waals surface area (Å²) < 4.78 is 5.71. The first-order valence-corrected chi connectivity index (χ1v) is 7.20. The normalized spacial score (nSPS) is 16.4. The van der Waals surface area contributed by atoms with Crippen LogP contribution in [0.2, 0.25) is 0 Å². The molecule has 0 spiro atoms. The van der Waals surface area contributed by atoms with Crippen LogP contribution in [0.25, 0.3) is 11.0 Å². The highest BCUT2D eigenvalue weighted by Gasteiger charge is 2.11. The lowest BCUT2D eigenvalue weighted by Gasteiger charge is -2.26. The molecule has 0 bridgehead atoms. The predicted molar refractivity (Wildman–Crippen MR) is 79.7 cm³/mol. The van der Waals surface area contributed by atoms with Gasteiger partial charge in [0.1, 0.15) is 6.61 Å². The van der Waals surface area contributed by atoms with Gasteiger partial charge in [-0.25, -0.2) is 9.97 Å². The van der Waals surface area contributed by atoms with Crippen LogP contribution in [0.5, 0.6) is 5.88 Å². The van der Waals surface area contributed by atoms with Gasteiger partial charge in [-0.05, 0) is 38.1 Å². The molecule has 0 amide bonds. The van der Waals surface area contributed by atoms with E-state index in [0.29, 0.717) is 18.3 Å². The molecular weight excluding hydrogens is 252 g/mol. The first-order valence-electron chi connectivity index (χ1n) is 7.20. The van der Waals surface area contributed by atoms with Gasteiger partial charge in [0.25, 0.3) is 5.88 Å². The summed E-state index contributed by atoms with van der Waals surface area (Å²) in [6.07, 6.45) is 3.93. The maximum absolute atomic E-state index is 5.89. The second-order valence-corrected chi connectivity index (χ2v) is 5.15. The number of likely N-dealkylation sites (tertiary alicyclic amines) is 1. The fourth-order valence-electron chi connectivity index (χ4n) is 2.56. The van der Waals surface area contributed by atoms with Crippen LogP contribution in [0.3, 0.4) is 0 Å². The number of ether oxygens (including phenoxy) is 1. The average Bonchev–Trinajstić information content (AvgIpc) is 2.49. The summed E-state index contributed by atoms with van der Waals surface area (Å²) in [5.41, 5.74) is 7.51. The van der Waals surface area contributed by atoms with E-state index in [-0.39, 0.29) is 0 Å². The highest BCUT2D eigenvalue weighted by atomic mass is 16.5. The molecule has 2 N–H and O–H groups in total. The largest absolute Gasteiger partial charge is 0.474 e. The monoisotopic (exact) mass is 272 g/mol. The number of aromatic nitrogens is 2. The quantitative estimate of drug-likeness (QED) is 0.923. The van der Waals surface area contributed by atoms with Crippen LogP contribution >= 0.6 is 0 Å². The van der Waals surface area contributed by atoms with Gasteiger partial charge in [-0.2, -0.15) is 0 Å². The van der Waals surface area contributed by atoms with Gasteiger partial charge in [-0.3, -0.25) is 4.90 Å². The molecule has 5 heteroatoms. The number of hydrogen-bond donors (Lipinski definition) is 1. The van der Waals surface area contributed by atoms with Crippen LogP contribution in [0.15, 0.2) is 24.3 Å². The van der Waals surface area contributed by atoms with Gasteiger partial charge in [0.15, 0.2) is 5.82 Å². The van der Waals surface area contributed by atoms with Gasteiger partial charge in [-0.1, -0.05) is 18.6 Å². The molecule has 106 valence electrons. The SMILES string of the molecule is Nc1nc2ccccc2nc1OCCN1CCCCC1. The van der Waals surface area contributed by atoms with E-state index in [4.69, 9.17) is 10.5 Å². The number of anilines is 1. The zero-order chi connectivity index (χ0) is 13.8. The number of nitrogens with two attached hydrogens (primary N) is 1. The summed E-state index contributed by atoms with van der Waals surface area (Å²) in [4.78, 5) is 11.2. The Morgan fingerprint density at radius 3 is 2.50 bits per heavy atom. The minimum absolute atomic E-state index is 0.363. The minimum Gasteiger partial charge on any atom is -0.474 e. The van der Waals surface area contributed by atoms with Crippen molar-refractivity contribution in [3.63, 3.8) is 0 Å². The van der Waals surface area contributed by atoms with Crippen molar-refractivity contribution in [1.29, 1.82) is 0 Å². The zero-order valence-electron chi connectivity index (χ0n) is 11.6. The number of fused-ring (bicyclic) bond motifs is 1. The van der Waals surface area contributed by atoms with Gasteiger partial charge < -0.3 is 10.5 Å². The van der Waals surface area contributed by atoms with Gasteiger partial charge in [0.05, 0.1) is 11.0 Å². The molecule has 0 radical (unpaired) electrons. The van der Waals surface area contributed by atoms with E-state index in [0.717, 1.165) is 17.6 Å². The van der Waals surface area contributed by atoms with E-state index >= 15 is 0 Å². The maximum Gasteiger partial charge on any atom is 0.257 e. The molecule has 2 heterocycles. The lowest BCUT2D eigenvalue weighted by Crippen LogP contribution is -2.33. The summed E-state index contributed by atoms with van der Waals surface area (Å²) in [6, 6.07) is 7.67. The smallest absolute Gasteiger partial charge is 0.257 e. The number of benzene rings is 1. The van der Waals surface area contributed by atoms with E-state index in [2.05, 4.69) is 14.9 Å². The van der Waals surface area contributed by atoms with Crippen molar-refractivity contribution in [1.82, 2.24) is 14.9 Å². The Hall–Kier alpha value is -1.88. The molecule has 1 saturated heterocycles. The van der Waals surface area contributed by atoms with Crippen LogP contribution in [-0.2, 0) is 0 Å². The number of piperidine rings is 1. The van der Waals surface area contributed by atoms with Crippen LogP contribution in [0, 0.1) is 0 Å². The Kier molecular flexibility index (Phi) is 3.97. The number of nitrogens with zero attached hydrogens (tertiary/aromatic N) is 3. The molecule has 1 aliphatic heterocycles.